The minimum absolute atomic E-state index is 0.521. The zero-order chi connectivity index (χ0) is 12.8. The molecule has 0 amide bonds. The first kappa shape index (κ1) is 12.8. The molecule has 2 rings (SSSR count). The molecule has 1 aliphatic carbocycles. The van der Waals surface area contributed by atoms with Crippen LogP contribution in [0.1, 0.15) is 24.8 Å². The van der Waals surface area contributed by atoms with E-state index in [0.29, 0.717) is 19.1 Å². The van der Waals surface area contributed by atoms with Crippen LogP contribution in [-0.2, 0) is 6.54 Å². The largest absolute Gasteiger partial charge is 0.493 e. The highest BCUT2D eigenvalue weighted by Crippen LogP contribution is 2.32. The molecule has 0 saturated heterocycles. The van der Waals surface area contributed by atoms with Crippen LogP contribution in [0.4, 0.5) is 0 Å². The number of rotatable bonds is 7. The molecule has 96 valence electrons. The third-order valence-electron chi connectivity index (χ3n) is 2.93. The standard InChI is InChI=1S/C15H19NO2/c1-3-4-10-18-15-12(11-16-13-8-9-13)6-5-7-14(15)17-2/h1,5-7,13,16H,4,8-11H2,2H3. The van der Waals surface area contributed by atoms with Gasteiger partial charge in [0.2, 0.25) is 0 Å². The van der Waals surface area contributed by atoms with E-state index in [2.05, 4.69) is 17.3 Å². The van der Waals surface area contributed by atoms with Crippen molar-refractivity contribution in [2.24, 2.45) is 0 Å². The second kappa shape index (κ2) is 6.32. The predicted molar refractivity (Wildman–Crippen MR) is 71.8 cm³/mol. The van der Waals surface area contributed by atoms with Gasteiger partial charge in [-0.2, -0.15) is 0 Å². The first-order chi connectivity index (χ1) is 8.85. The third-order valence-corrected chi connectivity index (χ3v) is 2.93. The molecule has 0 aliphatic heterocycles. The first-order valence-electron chi connectivity index (χ1n) is 6.30. The van der Waals surface area contributed by atoms with Crippen LogP contribution in [0.5, 0.6) is 11.5 Å². The molecule has 3 heteroatoms. The number of para-hydroxylation sites is 1. The van der Waals surface area contributed by atoms with Crippen molar-refractivity contribution in [2.75, 3.05) is 13.7 Å². The van der Waals surface area contributed by atoms with E-state index in [4.69, 9.17) is 15.9 Å². The SMILES string of the molecule is C#CCCOc1c(CNC2CC2)cccc1OC. The molecular formula is C15H19NO2. The highest BCUT2D eigenvalue weighted by molar-refractivity contribution is 5.46. The van der Waals surface area contributed by atoms with Gasteiger partial charge in [0.15, 0.2) is 11.5 Å². The molecule has 1 fully saturated rings. The van der Waals surface area contributed by atoms with Crippen LogP contribution in [0, 0.1) is 12.3 Å². The van der Waals surface area contributed by atoms with Crippen molar-refractivity contribution in [2.45, 2.75) is 31.8 Å². The number of hydrogen-bond donors (Lipinski definition) is 1. The number of ether oxygens (including phenoxy) is 2. The molecule has 0 heterocycles. The fraction of sp³-hybridized carbons (Fsp3) is 0.467. The zero-order valence-electron chi connectivity index (χ0n) is 10.7. The maximum absolute atomic E-state index is 5.74. The zero-order valence-corrected chi connectivity index (χ0v) is 10.7. The molecule has 1 aromatic carbocycles. The van der Waals surface area contributed by atoms with Gasteiger partial charge in [-0.1, -0.05) is 12.1 Å². The number of nitrogens with one attached hydrogen (secondary N) is 1. The van der Waals surface area contributed by atoms with Gasteiger partial charge in [-0.15, -0.1) is 12.3 Å². The van der Waals surface area contributed by atoms with Crippen LogP contribution < -0.4 is 14.8 Å². The minimum atomic E-state index is 0.521. The van der Waals surface area contributed by atoms with Gasteiger partial charge in [0, 0.05) is 24.6 Å². The lowest BCUT2D eigenvalue weighted by Crippen LogP contribution is -2.16. The van der Waals surface area contributed by atoms with E-state index in [-0.39, 0.29) is 0 Å². The Labute approximate surface area is 108 Å². The molecule has 18 heavy (non-hydrogen) atoms. The molecule has 1 aliphatic rings. The van der Waals surface area contributed by atoms with Crippen LogP contribution in [0.3, 0.4) is 0 Å². The maximum atomic E-state index is 5.74. The van der Waals surface area contributed by atoms with E-state index in [9.17, 15) is 0 Å². The molecule has 0 spiro atoms. The highest BCUT2D eigenvalue weighted by Gasteiger charge is 2.21. The van der Waals surface area contributed by atoms with Crippen molar-refractivity contribution in [1.82, 2.24) is 5.32 Å². The lowest BCUT2D eigenvalue weighted by Gasteiger charge is -2.14. The minimum Gasteiger partial charge on any atom is -0.493 e. The normalized spacial score (nSPS) is 14.0. The maximum Gasteiger partial charge on any atom is 0.165 e. The lowest BCUT2D eigenvalue weighted by atomic mass is 10.2. The summed E-state index contributed by atoms with van der Waals surface area (Å²) in [5, 5.41) is 3.48. The molecule has 0 atom stereocenters. The van der Waals surface area contributed by atoms with E-state index in [1.165, 1.54) is 12.8 Å². The van der Waals surface area contributed by atoms with E-state index in [1.807, 2.05) is 12.1 Å². The van der Waals surface area contributed by atoms with Gasteiger partial charge >= 0.3 is 0 Å². The Hall–Kier alpha value is -1.66. The fourth-order valence-electron chi connectivity index (χ4n) is 1.78. The average Bonchev–Trinajstić information content (AvgIpc) is 3.21. The summed E-state index contributed by atoms with van der Waals surface area (Å²) < 4.78 is 11.1. The molecule has 1 N–H and O–H groups in total. The number of benzene rings is 1. The fourth-order valence-corrected chi connectivity index (χ4v) is 1.78. The van der Waals surface area contributed by atoms with Crippen molar-refractivity contribution in [1.29, 1.82) is 0 Å². The summed E-state index contributed by atoms with van der Waals surface area (Å²) in [6, 6.07) is 6.63. The molecule has 1 aromatic rings. The molecule has 0 radical (unpaired) electrons. The molecule has 0 aromatic heterocycles. The van der Waals surface area contributed by atoms with Gasteiger partial charge in [0.25, 0.3) is 0 Å². The summed E-state index contributed by atoms with van der Waals surface area (Å²) in [5.74, 6) is 4.15. The van der Waals surface area contributed by atoms with Crippen molar-refractivity contribution < 1.29 is 9.47 Å². The second-order valence-electron chi connectivity index (χ2n) is 4.41. The van der Waals surface area contributed by atoms with Crippen LogP contribution in [0.25, 0.3) is 0 Å². The van der Waals surface area contributed by atoms with Gasteiger partial charge in [0.1, 0.15) is 0 Å². The Bertz CT molecular complexity index is 433. The van der Waals surface area contributed by atoms with Crippen molar-refractivity contribution >= 4 is 0 Å². The smallest absolute Gasteiger partial charge is 0.165 e. The number of methoxy groups -OCH3 is 1. The number of hydrogen-bond acceptors (Lipinski definition) is 3. The Morgan fingerprint density at radius 3 is 2.94 bits per heavy atom. The molecular weight excluding hydrogens is 226 g/mol. The van der Waals surface area contributed by atoms with Crippen molar-refractivity contribution in [3.05, 3.63) is 23.8 Å². The summed E-state index contributed by atoms with van der Waals surface area (Å²) in [7, 11) is 1.65. The summed E-state index contributed by atoms with van der Waals surface area (Å²) in [5.41, 5.74) is 1.12. The molecule has 0 bridgehead atoms. The average molecular weight is 245 g/mol. The van der Waals surface area contributed by atoms with Gasteiger partial charge in [-0.25, -0.2) is 0 Å². The van der Waals surface area contributed by atoms with E-state index < -0.39 is 0 Å². The Kier molecular flexibility index (Phi) is 4.49. The quantitative estimate of drug-likeness (QED) is 0.591. The van der Waals surface area contributed by atoms with E-state index in [0.717, 1.165) is 23.6 Å². The summed E-state index contributed by atoms with van der Waals surface area (Å²) in [6.07, 6.45) is 8.39. The first-order valence-corrected chi connectivity index (χ1v) is 6.30. The highest BCUT2D eigenvalue weighted by atomic mass is 16.5. The van der Waals surface area contributed by atoms with Gasteiger partial charge in [-0.3, -0.25) is 0 Å². The van der Waals surface area contributed by atoms with Crippen LogP contribution >= 0.6 is 0 Å². The Balaban J connectivity index is 2.06. The Morgan fingerprint density at radius 1 is 1.44 bits per heavy atom. The number of terminal acetylenes is 1. The van der Waals surface area contributed by atoms with Gasteiger partial charge in [0.05, 0.1) is 13.7 Å². The Morgan fingerprint density at radius 2 is 2.28 bits per heavy atom. The van der Waals surface area contributed by atoms with Gasteiger partial charge in [-0.05, 0) is 18.9 Å². The van der Waals surface area contributed by atoms with E-state index >= 15 is 0 Å². The topological polar surface area (TPSA) is 30.5 Å². The van der Waals surface area contributed by atoms with Crippen molar-refractivity contribution in [3.63, 3.8) is 0 Å². The lowest BCUT2D eigenvalue weighted by molar-refractivity contribution is 0.297. The van der Waals surface area contributed by atoms with E-state index in [1.54, 1.807) is 7.11 Å². The van der Waals surface area contributed by atoms with Crippen LogP contribution in [0.15, 0.2) is 18.2 Å². The van der Waals surface area contributed by atoms with Crippen LogP contribution in [-0.4, -0.2) is 19.8 Å². The third kappa shape index (κ3) is 3.41. The summed E-state index contributed by atoms with van der Waals surface area (Å²) in [6.45, 7) is 1.33. The van der Waals surface area contributed by atoms with Crippen molar-refractivity contribution in [3.8, 4) is 23.8 Å². The summed E-state index contributed by atoms with van der Waals surface area (Å²) in [4.78, 5) is 0. The molecule has 1 saturated carbocycles. The van der Waals surface area contributed by atoms with Gasteiger partial charge < -0.3 is 14.8 Å². The summed E-state index contributed by atoms with van der Waals surface area (Å²) >= 11 is 0. The monoisotopic (exact) mass is 245 g/mol. The second-order valence-corrected chi connectivity index (χ2v) is 4.41. The molecule has 3 nitrogen and oxygen atoms in total. The molecule has 0 unspecified atom stereocenters. The predicted octanol–water partition coefficient (Wildman–Crippen LogP) is 2.35. The van der Waals surface area contributed by atoms with Crippen LogP contribution in [0.2, 0.25) is 0 Å².